The van der Waals surface area contributed by atoms with Crippen LogP contribution < -0.4 is 5.73 Å². The zero-order valence-corrected chi connectivity index (χ0v) is 11.6. The van der Waals surface area contributed by atoms with Gasteiger partial charge in [0, 0.05) is 23.4 Å². The molecule has 0 atom stereocenters. The number of hydrogen-bond donors (Lipinski definition) is 1. The first-order valence-corrected chi connectivity index (χ1v) is 7.01. The number of rotatable bonds is 4. The van der Waals surface area contributed by atoms with Crippen molar-refractivity contribution in [3.8, 4) is 0 Å². The molecule has 0 unspecified atom stereocenters. The van der Waals surface area contributed by atoms with Gasteiger partial charge in [-0.25, -0.2) is 0 Å². The molecule has 18 heavy (non-hydrogen) atoms. The van der Waals surface area contributed by atoms with Gasteiger partial charge in [0.25, 0.3) is 0 Å². The topological polar surface area (TPSA) is 38.9 Å². The minimum Gasteiger partial charge on any atom is -0.325 e. The molecule has 3 heteroatoms. The highest BCUT2D eigenvalue weighted by molar-refractivity contribution is 7.98. The van der Waals surface area contributed by atoms with E-state index < -0.39 is 0 Å². The molecule has 0 saturated carbocycles. The van der Waals surface area contributed by atoms with Gasteiger partial charge in [-0.2, -0.15) is 0 Å². The molecule has 2 aromatic rings. The monoisotopic (exact) mass is 258 g/mol. The van der Waals surface area contributed by atoms with E-state index in [1.54, 1.807) is 18.0 Å². The molecular formula is C15H18N2S. The Morgan fingerprint density at radius 1 is 1.17 bits per heavy atom. The Kier molecular flexibility index (Phi) is 4.39. The molecule has 2 nitrogen and oxygen atoms in total. The normalized spacial score (nSPS) is 10.6. The molecular weight excluding hydrogens is 240 g/mol. The summed E-state index contributed by atoms with van der Waals surface area (Å²) in [7, 11) is 0. The second-order valence-corrected chi connectivity index (χ2v) is 5.45. The molecule has 0 fully saturated rings. The van der Waals surface area contributed by atoms with Gasteiger partial charge in [-0.15, -0.1) is 11.8 Å². The molecule has 2 rings (SSSR count). The molecule has 0 amide bonds. The second kappa shape index (κ2) is 6.03. The maximum atomic E-state index is 5.69. The lowest BCUT2D eigenvalue weighted by Gasteiger charge is -2.07. The lowest BCUT2D eigenvalue weighted by molar-refractivity contribution is 0.943. The summed E-state index contributed by atoms with van der Waals surface area (Å²) >= 11 is 1.80. The first kappa shape index (κ1) is 13.1. The molecule has 0 spiro atoms. The largest absolute Gasteiger partial charge is 0.325 e. The number of nitrogens with two attached hydrogens (primary N) is 1. The van der Waals surface area contributed by atoms with E-state index in [0.29, 0.717) is 6.54 Å². The van der Waals surface area contributed by atoms with E-state index in [1.807, 2.05) is 6.07 Å². The van der Waals surface area contributed by atoms with E-state index in [-0.39, 0.29) is 0 Å². The molecule has 0 aliphatic heterocycles. The fourth-order valence-corrected chi connectivity index (χ4v) is 2.99. The molecule has 1 aromatic carbocycles. The fourth-order valence-electron chi connectivity index (χ4n) is 2.02. The van der Waals surface area contributed by atoms with Gasteiger partial charge in [0.05, 0.1) is 5.69 Å². The molecule has 0 saturated heterocycles. The molecule has 1 aromatic heterocycles. The van der Waals surface area contributed by atoms with Gasteiger partial charge in [-0.1, -0.05) is 29.3 Å². The third-order valence-electron chi connectivity index (χ3n) is 2.72. The van der Waals surface area contributed by atoms with Gasteiger partial charge >= 0.3 is 0 Å². The van der Waals surface area contributed by atoms with Gasteiger partial charge in [-0.05, 0) is 31.5 Å². The summed E-state index contributed by atoms with van der Waals surface area (Å²) in [6, 6.07) is 10.7. The number of aryl methyl sites for hydroxylation is 2. The van der Waals surface area contributed by atoms with Crippen molar-refractivity contribution >= 4 is 11.8 Å². The van der Waals surface area contributed by atoms with Crippen LogP contribution in [0.15, 0.2) is 41.4 Å². The summed E-state index contributed by atoms with van der Waals surface area (Å²) in [5, 5.41) is 0. The van der Waals surface area contributed by atoms with Gasteiger partial charge in [0.2, 0.25) is 0 Å². The van der Waals surface area contributed by atoms with Crippen LogP contribution in [0.3, 0.4) is 0 Å². The number of benzene rings is 1. The average Bonchev–Trinajstić information content (AvgIpc) is 2.35. The minimum absolute atomic E-state index is 0.496. The van der Waals surface area contributed by atoms with Crippen molar-refractivity contribution in [1.29, 1.82) is 0 Å². The van der Waals surface area contributed by atoms with Crippen LogP contribution in [-0.2, 0) is 12.3 Å². The number of thioether (sulfide) groups is 1. The van der Waals surface area contributed by atoms with E-state index in [2.05, 4.69) is 43.1 Å². The highest BCUT2D eigenvalue weighted by Gasteiger charge is 2.03. The van der Waals surface area contributed by atoms with E-state index in [4.69, 9.17) is 5.73 Å². The van der Waals surface area contributed by atoms with E-state index >= 15 is 0 Å². The molecule has 94 valence electrons. The number of aromatic nitrogens is 1. The summed E-state index contributed by atoms with van der Waals surface area (Å²) < 4.78 is 0. The van der Waals surface area contributed by atoms with Crippen LogP contribution in [0, 0.1) is 13.8 Å². The lowest BCUT2D eigenvalue weighted by Crippen LogP contribution is -2.01. The summed E-state index contributed by atoms with van der Waals surface area (Å²) in [4.78, 5) is 5.48. The maximum absolute atomic E-state index is 5.69. The minimum atomic E-state index is 0.496. The van der Waals surface area contributed by atoms with Crippen LogP contribution in [0.5, 0.6) is 0 Å². The van der Waals surface area contributed by atoms with Crippen molar-refractivity contribution in [2.75, 3.05) is 0 Å². The predicted molar refractivity (Wildman–Crippen MR) is 77.6 cm³/mol. The zero-order chi connectivity index (χ0) is 13.0. The SMILES string of the molecule is Cc1cc(C)cc(CSc2cccnc2CN)c1. The van der Waals surface area contributed by atoms with Crippen LogP contribution in [-0.4, -0.2) is 4.98 Å². The van der Waals surface area contributed by atoms with E-state index in [1.165, 1.54) is 21.6 Å². The molecule has 1 heterocycles. The van der Waals surface area contributed by atoms with Gasteiger partial charge in [0.1, 0.15) is 0 Å². The summed E-state index contributed by atoms with van der Waals surface area (Å²) in [6.45, 7) is 4.77. The highest BCUT2D eigenvalue weighted by Crippen LogP contribution is 2.25. The Balaban J connectivity index is 2.11. The zero-order valence-electron chi connectivity index (χ0n) is 10.8. The molecule has 0 bridgehead atoms. The Morgan fingerprint density at radius 2 is 1.89 bits per heavy atom. The fraction of sp³-hybridized carbons (Fsp3) is 0.267. The van der Waals surface area contributed by atoms with Crippen LogP contribution in [0.25, 0.3) is 0 Å². The number of nitrogens with zero attached hydrogens (tertiary/aromatic N) is 1. The maximum Gasteiger partial charge on any atom is 0.0675 e. The predicted octanol–water partition coefficient (Wildman–Crippen LogP) is 3.45. The Hall–Kier alpha value is -1.32. The Labute approximate surface area is 113 Å². The summed E-state index contributed by atoms with van der Waals surface area (Å²) in [6.07, 6.45) is 1.79. The highest BCUT2D eigenvalue weighted by atomic mass is 32.2. The quantitative estimate of drug-likeness (QED) is 0.854. The number of pyridine rings is 1. The van der Waals surface area contributed by atoms with Crippen LogP contribution >= 0.6 is 11.8 Å². The molecule has 0 radical (unpaired) electrons. The van der Waals surface area contributed by atoms with Crippen molar-refractivity contribution in [2.45, 2.75) is 31.0 Å². The van der Waals surface area contributed by atoms with Gasteiger partial charge in [-0.3, -0.25) is 4.98 Å². The van der Waals surface area contributed by atoms with Gasteiger partial charge < -0.3 is 5.73 Å². The number of hydrogen-bond acceptors (Lipinski definition) is 3. The average molecular weight is 258 g/mol. The third-order valence-corrected chi connectivity index (χ3v) is 3.88. The lowest BCUT2D eigenvalue weighted by atomic mass is 10.1. The Morgan fingerprint density at radius 3 is 2.56 bits per heavy atom. The van der Waals surface area contributed by atoms with Crippen molar-refractivity contribution in [1.82, 2.24) is 4.98 Å². The smallest absolute Gasteiger partial charge is 0.0675 e. The van der Waals surface area contributed by atoms with E-state index in [0.717, 1.165) is 11.4 Å². The van der Waals surface area contributed by atoms with Crippen molar-refractivity contribution < 1.29 is 0 Å². The summed E-state index contributed by atoms with van der Waals surface area (Å²) in [5.41, 5.74) is 10.7. The van der Waals surface area contributed by atoms with Crippen molar-refractivity contribution in [3.05, 3.63) is 58.9 Å². The molecule has 0 aliphatic carbocycles. The second-order valence-electron chi connectivity index (χ2n) is 4.44. The van der Waals surface area contributed by atoms with E-state index in [9.17, 15) is 0 Å². The van der Waals surface area contributed by atoms with Crippen LogP contribution in [0.4, 0.5) is 0 Å². The first-order valence-electron chi connectivity index (χ1n) is 6.03. The van der Waals surface area contributed by atoms with Gasteiger partial charge in [0.15, 0.2) is 0 Å². The summed E-state index contributed by atoms with van der Waals surface area (Å²) in [5.74, 6) is 0.960. The van der Waals surface area contributed by atoms with Crippen molar-refractivity contribution in [2.24, 2.45) is 5.73 Å². The third kappa shape index (κ3) is 3.34. The van der Waals surface area contributed by atoms with Crippen molar-refractivity contribution in [3.63, 3.8) is 0 Å². The Bertz CT molecular complexity index is 518. The van der Waals surface area contributed by atoms with Crippen LogP contribution in [0.2, 0.25) is 0 Å². The first-order chi connectivity index (χ1) is 8.69. The molecule has 2 N–H and O–H groups in total. The standard InChI is InChI=1S/C15H18N2S/c1-11-6-12(2)8-13(7-11)10-18-15-4-3-5-17-14(15)9-16/h3-8H,9-10,16H2,1-2H3. The molecule has 0 aliphatic rings. The van der Waals surface area contributed by atoms with Crippen LogP contribution in [0.1, 0.15) is 22.4 Å².